The molecule has 53 heavy (non-hydrogen) atoms. The van der Waals surface area contributed by atoms with Crippen LogP contribution >= 0.6 is 0 Å². The number of benzene rings is 5. The molecule has 1 atom stereocenters. The summed E-state index contributed by atoms with van der Waals surface area (Å²) >= 11 is 0. The van der Waals surface area contributed by atoms with E-state index in [-0.39, 0.29) is 0 Å². The molecule has 0 saturated heterocycles. The third-order valence-corrected chi connectivity index (χ3v) is 11.1. The van der Waals surface area contributed by atoms with Gasteiger partial charge in [-0.2, -0.15) is 0 Å². The molecule has 5 aromatic carbocycles. The van der Waals surface area contributed by atoms with Crippen LogP contribution in [0, 0.1) is 6.92 Å². The molecule has 2 heterocycles. The number of nitrogens with zero attached hydrogens (tertiary/aromatic N) is 2. The van der Waals surface area contributed by atoms with E-state index in [9.17, 15) is 0 Å². The Labute approximate surface area is 313 Å². The van der Waals surface area contributed by atoms with Gasteiger partial charge in [0.15, 0.2) is 0 Å². The summed E-state index contributed by atoms with van der Waals surface area (Å²) in [6.07, 6.45) is 17.1. The molecule has 0 amide bonds. The Kier molecular flexibility index (Phi) is 8.32. The summed E-state index contributed by atoms with van der Waals surface area (Å²) < 4.78 is 4.94. The van der Waals surface area contributed by atoms with Gasteiger partial charge in [-0.05, 0) is 109 Å². The van der Waals surface area contributed by atoms with Gasteiger partial charge in [0.25, 0.3) is 0 Å². The Hall–Kier alpha value is -6.12. The molecule has 0 radical (unpaired) electrons. The number of aryl methyl sites for hydroxylation is 1. The van der Waals surface area contributed by atoms with Gasteiger partial charge in [0, 0.05) is 50.6 Å². The predicted molar refractivity (Wildman–Crippen MR) is 228 cm³/mol. The fourth-order valence-corrected chi connectivity index (χ4v) is 8.55. The van der Waals surface area contributed by atoms with E-state index in [1.165, 1.54) is 72.3 Å². The molecule has 0 aliphatic heterocycles. The van der Waals surface area contributed by atoms with Crippen LogP contribution in [-0.4, -0.2) is 9.13 Å². The SMILES string of the molecule is C=C(/C=C(\C=C(/C)c1cccc(-n2c3ccccc3c3ccccc32)c1)c1cccc(C)c1)c1cccc(-n2c3c(c4c2C(C)CC=C4)C=CCC3)c1. The minimum atomic E-state index is 0.468. The van der Waals surface area contributed by atoms with Gasteiger partial charge in [-0.3, -0.25) is 0 Å². The zero-order valence-electron chi connectivity index (χ0n) is 30.8. The van der Waals surface area contributed by atoms with Crippen molar-refractivity contribution >= 4 is 50.7 Å². The Morgan fingerprint density at radius 1 is 0.660 bits per heavy atom. The molecule has 2 aliphatic carbocycles. The van der Waals surface area contributed by atoms with E-state index in [0.717, 1.165) is 41.7 Å². The van der Waals surface area contributed by atoms with Crippen LogP contribution < -0.4 is 0 Å². The third kappa shape index (κ3) is 5.85. The molecule has 0 bridgehead atoms. The summed E-state index contributed by atoms with van der Waals surface area (Å²) in [5.41, 5.74) is 18.5. The molecule has 9 rings (SSSR count). The largest absolute Gasteiger partial charge is 0.316 e. The van der Waals surface area contributed by atoms with Gasteiger partial charge < -0.3 is 9.13 Å². The van der Waals surface area contributed by atoms with Crippen molar-refractivity contribution in [1.82, 2.24) is 9.13 Å². The highest BCUT2D eigenvalue weighted by atomic mass is 15.0. The van der Waals surface area contributed by atoms with Crippen molar-refractivity contribution in [2.24, 2.45) is 0 Å². The number of para-hydroxylation sites is 2. The molecule has 7 aromatic rings. The van der Waals surface area contributed by atoms with E-state index in [4.69, 9.17) is 0 Å². The minimum absolute atomic E-state index is 0.468. The van der Waals surface area contributed by atoms with E-state index in [1.54, 1.807) is 0 Å². The summed E-state index contributed by atoms with van der Waals surface area (Å²) in [5, 5.41) is 2.54. The number of hydrogen-bond donors (Lipinski definition) is 0. The molecule has 2 aliphatic rings. The highest BCUT2D eigenvalue weighted by molar-refractivity contribution is 6.09. The number of allylic oxidation sites excluding steroid dienone is 7. The molecule has 2 nitrogen and oxygen atoms in total. The van der Waals surface area contributed by atoms with Gasteiger partial charge >= 0.3 is 0 Å². The standard InChI is InChI=1S/C51H44N2/c1-34-15-11-19-40(29-34)41(30-36(3)38-17-13-20-42(32-38)52-48-26-8-5-22-44(48)45-23-6-9-27-49(45)52)31-37(4)39-18-14-21-43(33-39)53-50-28-10-7-24-46(50)47-25-12-16-35(2)51(47)53/h5-9,11-15,17-27,29-33,35H,4,10,16,28H2,1-3H3/b36-30+,41-31+. The Bertz CT molecular complexity index is 2650. The van der Waals surface area contributed by atoms with Crippen molar-refractivity contribution in [1.29, 1.82) is 0 Å². The van der Waals surface area contributed by atoms with E-state index in [0.29, 0.717) is 5.92 Å². The topological polar surface area (TPSA) is 9.86 Å². The maximum Gasteiger partial charge on any atom is 0.0541 e. The average molecular weight is 685 g/mol. The fourth-order valence-electron chi connectivity index (χ4n) is 8.55. The molecular weight excluding hydrogens is 641 g/mol. The Morgan fingerprint density at radius 2 is 1.30 bits per heavy atom. The number of aromatic nitrogens is 2. The zero-order chi connectivity index (χ0) is 36.1. The predicted octanol–water partition coefficient (Wildman–Crippen LogP) is 13.6. The van der Waals surface area contributed by atoms with Crippen molar-refractivity contribution in [2.75, 3.05) is 0 Å². The molecule has 0 spiro atoms. The summed E-state index contributed by atoms with van der Waals surface area (Å²) in [5.74, 6) is 0.468. The fraction of sp³-hybridized carbons (Fsp3) is 0.137. The van der Waals surface area contributed by atoms with Crippen LogP contribution in [0.2, 0.25) is 0 Å². The first-order valence-electron chi connectivity index (χ1n) is 18.9. The number of fused-ring (bicyclic) bond motifs is 6. The summed E-state index contributed by atoms with van der Waals surface area (Å²) in [4.78, 5) is 0. The highest BCUT2D eigenvalue weighted by Gasteiger charge is 2.27. The normalized spacial score (nSPS) is 15.6. The lowest BCUT2D eigenvalue weighted by Gasteiger charge is -2.21. The quantitative estimate of drug-likeness (QED) is 0.148. The van der Waals surface area contributed by atoms with Gasteiger partial charge in [0.1, 0.15) is 0 Å². The maximum atomic E-state index is 4.67. The van der Waals surface area contributed by atoms with Gasteiger partial charge in [-0.1, -0.05) is 134 Å². The van der Waals surface area contributed by atoms with Crippen molar-refractivity contribution in [3.05, 3.63) is 197 Å². The first-order valence-corrected chi connectivity index (χ1v) is 18.9. The molecule has 2 aromatic heterocycles. The van der Waals surface area contributed by atoms with E-state index in [2.05, 4.69) is 194 Å². The van der Waals surface area contributed by atoms with Crippen molar-refractivity contribution in [3.63, 3.8) is 0 Å². The third-order valence-electron chi connectivity index (χ3n) is 11.1. The molecular formula is C51H44N2. The van der Waals surface area contributed by atoms with Crippen LogP contribution in [0.5, 0.6) is 0 Å². The van der Waals surface area contributed by atoms with Crippen LogP contribution in [0.15, 0.2) is 152 Å². The minimum Gasteiger partial charge on any atom is -0.316 e. The Morgan fingerprint density at radius 3 is 2.06 bits per heavy atom. The lowest BCUT2D eigenvalue weighted by Crippen LogP contribution is -2.10. The van der Waals surface area contributed by atoms with Crippen molar-refractivity contribution < 1.29 is 0 Å². The van der Waals surface area contributed by atoms with Gasteiger partial charge in [0.2, 0.25) is 0 Å². The monoisotopic (exact) mass is 684 g/mol. The first-order chi connectivity index (χ1) is 25.9. The molecule has 258 valence electrons. The number of rotatable bonds is 7. The van der Waals surface area contributed by atoms with Crippen LogP contribution in [-0.2, 0) is 6.42 Å². The van der Waals surface area contributed by atoms with Crippen molar-refractivity contribution in [2.45, 2.75) is 46.0 Å². The smallest absolute Gasteiger partial charge is 0.0541 e. The van der Waals surface area contributed by atoms with Crippen LogP contribution in [0.25, 0.3) is 62.1 Å². The van der Waals surface area contributed by atoms with Crippen LogP contribution in [0.4, 0.5) is 0 Å². The number of hydrogen-bond acceptors (Lipinski definition) is 0. The molecule has 0 N–H and O–H groups in total. The summed E-state index contributed by atoms with van der Waals surface area (Å²) in [7, 11) is 0. The maximum absolute atomic E-state index is 4.67. The summed E-state index contributed by atoms with van der Waals surface area (Å²) in [6.45, 7) is 11.4. The zero-order valence-corrected chi connectivity index (χ0v) is 30.8. The van der Waals surface area contributed by atoms with E-state index >= 15 is 0 Å². The van der Waals surface area contributed by atoms with Crippen LogP contribution in [0.3, 0.4) is 0 Å². The van der Waals surface area contributed by atoms with E-state index in [1.807, 2.05) is 0 Å². The van der Waals surface area contributed by atoms with Crippen LogP contribution in [0.1, 0.15) is 77.4 Å². The molecule has 2 heteroatoms. The first kappa shape index (κ1) is 32.8. The second-order valence-corrected chi connectivity index (χ2v) is 14.8. The summed E-state index contributed by atoms with van der Waals surface area (Å²) in [6, 6.07) is 44.1. The average Bonchev–Trinajstić information content (AvgIpc) is 3.72. The second-order valence-electron chi connectivity index (χ2n) is 14.8. The van der Waals surface area contributed by atoms with Gasteiger partial charge in [-0.25, -0.2) is 0 Å². The van der Waals surface area contributed by atoms with Gasteiger partial charge in [-0.15, -0.1) is 0 Å². The lowest BCUT2D eigenvalue weighted by atomic mass is 9.91. The van der Waals surface area contributed by atoms with Crippen molar-refractivity contribution in [3.8, 4) is 11.4 Å². The lowest BCUT2D eigenvalue weighted by molar-refractivity contribution is 0.704. The molecule has 1 unspecified atom stereocenters. The van der Waals surface area contributed by atoms with Gasteiger partial charge in [0.05, 0.1) is 11.0 Å². The highest BCUT2D eigenvalue weighted by Crippen LogP contribution is 2.41. The van der Waals surface area contributed by atoms with E-state index < -0.39 is 0 Å². The molecule has 0 fully saturated rings. The Balaban J connectivity index is 1.12. The second kappa shape index (κ2) is 13.5. The molecule has 0 saturated carbocycles.